The van der Waals surface area contributed by atoms with Crippen molar-refractivity contribution in [2.45, 2.75) is 26.2 Å². The van der Waals surface area contributed by atoms with Crippen molar-refractivity contribution >= 4 is 13.5 Å². The zero-order valence-electron chi connectivity index (χ0n) is 5.67. The molecule has 9 heavy (non-hydrogen) atoms. The zero-order chi connectivity index (χ0) is 6.24. The van der Waals surface area contributed by atoms with Crippen LogP contribution in [0.2, 0.25) is 0 Å². The van der Waals surface area contributed by atoms with Crippen LogP contribution in [0.25, 0.3) is 10.4 Å². The Hall–Kier alpha value is -0.340. The van der Waals surface area contributed by atoms with Gasteiger partial charge in [-0.1, -0.05) is 24.9 Å². The van der Waals surface area contributed by atoms with Crippen molar-refractivity contribution in [1.82, 2.24) is 0 Å². The lowest BCUT2D eigenvalue weighted by molar-refractivity contribution is 0.725. The van der Waals surface area contributed by atoms with Gasteiger partial charge in [-0.3, -0.25) is 0 Å². The molecule has 0 amide bonds. The molecular formula is C5H13N3S. The molecule has 0 aromatic carbocycles. The summed E-state index contributed by atoms with van der Waals surface area (Å²) in [6, 6.07) is 0. The smallest absolute Gasteiger partial charge is 0.0257 e. The van der Waals surface area contributed by atoms with Crippen LogP contribution in [0.5, 0.6) is 0 Å². The second-order valence-corrected chi connectivity index (χ2v) is 1.66. The van der Waals surface area contributed by atoms with E-state index in [2.05, 4.69) is 16.9 Å². The van der Waals surface area contributed by atoms with Gasteiger partial charge in [0, 0.05) is 11.5 Å². The minimum absolute atomic E-state index is 0. The maximum atomic E-state index is 7.82. The minimum Gasteiger partial charge on any atom is -0.197 e. The molecule has 0 aliphatic carbocycles. The van der Waals surface area contributed by atoms with Gasteiger partial charge in [0.15, 0.2) is 0 Å². The van der Waals surface area contributed by atoms with E-state index in [9.17, 15) is 0 Å². The number of hydrogen-bond acceptors (Lipinski definition) is 1. The molecule has 0 aromatic heterocycles. The molecule has 0 atom stereocenters. The van der Waals surface area contributed by atoms with Crippen molar-refractivity contribution in [3.63, 3.8) is 0 Å². The number of azide groups is 1. The Morgan fingerprint density at radius 2 is 2.11 bits per heavy atom. The van der Waals surface area contributed by atoms with Gasteiger partial charge in [-0.25, -0.2) is 0 Å². The molecule has 0 aromatic rings. The molecule has 0 rings (SSSR count). The molecule has 0 aliphatic rings. The zero-order valence-corrected chi connectivity index (χ0v) is 6.67. The number of unbranched alkanes of at least 4 members (excludes halogenated alkanes) is 2. The van der Waals surface area contributed by atoms with Crippen LogP contribution in [0.15, 0.2) is 5.11 Å². The van der Waals surface area contributed by atoms with Gasteiger partial charge in [0.05, 0.1) is 0 Å². The summed E-state index contributed by atoms with van der Waals surface area (Å²) in [6.07, 6.45) is 3.38. The summed E-state index contributed by atoms with van der Waals surface area (Å²) >= 11 is 0. The molecule has 0 saturated heterocycles. The van der Waals surface area contributed by atoms with E-state index in [1.54, 1.807) is 0 Å². The largest absolute Gasteiger partial charge is 0.197 e. The van der Waals surface area contributed by atoms with Crippen molar-refractivity contribution in [1.29, 1.82) is 0 Å². The third-order valence-electron chi connectivity index (χ3n) is 0.925. The first-order valence-electron chi connectivity index (χ1n) is 2.92. The molecule has 0 heterocycles. The van der Waals surface area contributed by atoms with E-state index in [-0.39, 0.29) is 13.5 Å². The molecule has 0 unspecified atom stereocenters. The normalized spacial score (nSPS) is 7.22. The second kappa shape index (κ2) is 10.6. The average Bonchev–Trinajstić information content (AvgIpc) is 1.81. The van der Waals surface area contributed by atoms with Crippen LogP contribution in [-0.4, -0.2) is 6.54 Å². The Kier molecular flexibility index (Phi) is 13.5. The van der Waals surface area contributed by atoms with Gasteiger partial charge in [-0.2, -0.15) is 13.5 Å². The summed E-state index contributed by atoms with van der Waals surface area (Å²) < 4.78 is 0. The van der Waals surface area contributed by atoms with Crippen LogP contribution in [0.1, 0.15) is 26.2 Å². The van der Waals surface area contributed by atoms with E-state index in [4.69, 9.17) is 5.53 Å². The monoisotopic (exact) mass is 147 g/mol. The van der Waals surface area contributed by atoms with Gasteiger partial charge in [0.2, 0.25) is 0 Å². The third kappa shape index (κ3) is 11.3. The first-order valence-corrected chi connectivity index (χ1v) is 2.92. The van der Waals surface area contributed by atoms with Gasteiger partial charge >= 0.3 is 0 Å². The Morgan fingerprint density at radius 3 is 2.56 bits per heavy atom. The molecule has 0 spiro atoms. The van der Waals surface area contributed by atoms with Gasteiger partial charge < -0.3 is 0 Å². The number of hydrogen-bond donors (Lipinski definition) is 0. The Morgan fingerprint density at radius 1 is 1.44 bits per heavy atom. The van der Waals surface area contributed by atoms with Crippen LogP contribution in [0.3, 0.4) is 0 Å². The molecule has 3 nitrogen and oxygen atoms in total. The van der Waals surface area contributed by atoms with Crippen LogP contribution < -0.4 is 0 Å². The SMILES string of the molecule is CCCCCN=[N+]=[N-].S. The van der Waals surface area contributed by atoms with Crippen LogP contribution in [0, 0.1) is 0 Å². The summed E-state index contributed by atoms with van der Waals surface area (Å²) in [4.78, 5) is 2.63. The first-order chi connectivity index (χ1) is 3.91. The van der Waals surface area contributed by atoms with Crippen molar-refractivity contribution < 1.29 is 0 Å². The third-order valence-corrected chi connectivity index (χ3v) is 0.925. The van der Waals surface area contributed by atoms with Crippen LogP contribution >= 0.6 is 13.5 Å². The lowest BCUT2D eigenvalue weighted by Gasteiger charge is -1.86. The predicted molar refractivity (Wildman–Crippen MR) is 43.9 cm³/mol. The quantitative estimate of drug-likeness (QED) is 0.254. The van der Waals surface area contributed by atoms with Crippen molar-refractivity contribution in [2.24, 2.45) is 5.11 Å². The van der Waals surface area contributed by atoms with Crippen LogP contribution in [-0.2, 0) is 0 Å². The molecule has 0 N–H and O–H groups in total. The first kappa shape index (κ1) is 11.5. The predicted octanol–water partition coefficient (Wildman–Crippen LogP) is 2.60. The van der Waals surface area contributed by atoms with E-state index in [1.165, 1.54) is 12.8 Å². The fourth-order valence-corrected chi connectivity index (χ4v) is 0.477. The topological polar surface area (TPSA) is 48.8 Å². The summed E-state index contributed by atoms with van der Waals surface area (Å²) in [7, 11) is 0. The highest BCUT2D eigenvalue weighted by atomic mass is 32.1. The van der Waals surface area contributed by atoms with E-state index in [0.29, 0.717) is 6.54 Å². The van der Waals surface area contributed by atoms with Gasteiger partial charge in [0.25, 0.3) is 0 Å². The summed E-state index contributed by atoms with van der Waals surface area (Å²) in [5.41, 5.74) is 7.82. The number of nitrogens with zero attached hydrogens (tertiary/aromatic N) is 3. The summed E-state index contributed by atoms with van der Waals surface area (Å²) in [5, 5.41) is 3.39. The Labute approximate surface area is 62.5 Å². The Bertz CT molecular complexity index is 88.2. The van der Waals surface area contributed by atoms with Gasteiger partial charge in [-0.05, 0) is 12.0 Å². The van der Waals surface area contributed by atoms with E-state index in [0.717, 1.165) is 6.42 Å². The van der Waals surface area contributed by atoms with Crippen LogP contribution in [0.4, 0.5) is 0 Å². The molecule has 0 bridgehead atoms. The van der Waals surface area contributed by atoms with E-state index >= 15 is 0 Å². The highest BCUT2D eigenvalue weighted by molar-refractivity contribution is 7.59. The molecule has 0 radical (unpaired) electrons. The van der Waals surface area contributed by atoms with E-state index < -0.39 is 0 Å². The standard InChI is InChI=1S/C5H11N3.H2S/c1-2-3-4-5-7-8-6;/h2-5H2,1H3;1H2. The molecule has 54 valence electrons. The molecule has 0 fully saturated rings. The maximum absolute atomic E-state index is 7.82. The average molecular weight is 147 g/mol. The van der Waals surface area contributed by atoms with Crippen molar-refractivity contribution in [3.8, 4) is 0 Å². The lowest BCUT2D eigenvalue weighted by Crippen LogP contribution is -1.76. The Balaban J connectivity index is 0. The minimum atomic E-state index is 0. The maximum Gasteiger partial charge on any atom is 0.0257 e. The summed E-state index contributed by atoms with van der Waals surface area (Å²) in [6.45, 7) is 2.78. The van der Waals surface area contributed by atoms with E-state index in [1.807, 2.05) is 0 Å². The van der Waals surface area contributed by atoms with Gasteiger partial charge in [-0.15, -0.1) is 0 Å². The number of rotatable bonds is 4. The highest BCUT2D eigenvalue weighted by Gasteiger charge is 1.79. The molecule has 4 heteroatoms. The second-order valence-electron chi connectivity index (χ2n) is 1.66. The summed E-state index contributed by atoms with van der Waals surface area (Å²) in [5.74, 6) is 0. The van der Waals surface area contributed by atoms with Gasteiger partial charge in [0.1, 0.15) is 0 Å². The lowest BCUT2D eigenvalue weighted by atomic mass is 10.3. The molecule has 0 aliphatic heterocycles. The molecular weight excluding hydrogens is 134 g/mol. The highest BCUT2D eigenvalue weighted by Crippen LogP contribution is 1.92. The fraction of sp³-hybridized carbons (Fsp3) is 1.00. The molecule has 0 saturated carbocycles. The van der Waals surface area contributed by atoms with Crippen molar-refractivity contribution in [3.05, 3.63) is 10.4 Å². The fourth-order valence-electron chi connectivity index (χ4n) is 0.477. The van der Waals surface area contributed by atoms with Crippen molar-refractivity contribution in [2.75, 3.05) is 6.54 Å².